The summed E-state index contributed by atoms with van der Waals surface area (Å²) in [6, 6.07) is 18.1. The molecule has 1 aliphatic rings. The first kappa shape index (κ1) is 21.1. The number of ether oxygens (including phenoxy) is 1. The number of amides is 1. The van der Waals surface area contributed by atoms with E-state index in [0.29, 0.717) is 12.0 Å². The first-order valence-corrected chi connectivity index (χ1v) is 10.2. The molecule has 0 bridgehead atoms. The summed E-state index contributed by atoms with van der Waals surface area (Å²) in [6.45, 7) is 6.76. The van der Waals surface area contributed by atoms with Gasteiger partial charge in [0.2, 0.25) is 5.91 Å². The normalized spacial score (nSPS) is 19.8. The fraction of sp³-hybridized carbons (Fsp3) is 0.417. The largest absolute Gasteiger partial charge is 0.465 e. The Kier molecular flexibility index (Phi) is 7.04. The number of carbonyl (C=O) groups excluding carboxylic acids is 2. The topological polar surface area (TPSA) is 49.9 Å². The van der Waals surface area contributed by atoms with Crippen molar-refractivity contribution in [1.82, 2.24) is 9.80 Å². The molecule has 0 spiro atoms. The maximum atomic E-state index is 12.9. The van der Waals surface area contributed by atoms with Crippen molar-refractivity contribution < 1.29 is 14.3 Å². The van der Waals surface area contributed by atoms with Crippen molar-refractivity contribution in [3.63, 3.8) is 0 Å². The number of aryl methyl sites for hydroxylation is 1. The molecule has 1 aliphatic heterocycles. The molecule has 154 valence electrons. The quantitative estimate of drug-likeness (QED) is 0.704. The van der Waals surface area contributed by atoms with Gasteiger partial charge in [0.25, 0.3) is 0 Å². The first-order chi connectivity index (χ1) is 14.0. The van der Waals surface area contributed by atoms with Crippen molar-refractivity contribution >= 4 is 11.9 Å². The highest BCUT2D eigenvalue weighted by atomic mass is 16.5. The van der Waals surface area contributed by atoms with Crippen LogP contribution in [0.15, 0.2) is 54.6 Å². The highest BCUT2D eigenvalue weighted by Gasteiger charge is 2.32. The van der Waals surface area contributed by atoms with Crippen LogP contribution in [0.4, 0.5) is 0 Å². The van der Waals surface area contributed by atoms with Gasteiger partial charge < -0.3 is 9.64 Å². The lowest BCUT2D eigenvalue weighted by atomic mass is 10.0. The molecule has 29 heavy (non-hydrogen) atoms. The molecule has 5 heteroatoms. The Morgan fingerprint density at radius 1 is 0.931 bits per heavy atom. The molecule has 2 aromatic rings. The third-order valence-corrected chi connectivity index (χ3v) is 5.53. The predicted molar refractivity (Wildman–Crippen MR) is 114 cm³/mol. The molecule has 2 aromatic carbocycles. The summed E-state index contributed by atoms with van der Waals surface area (Å²) in [6.07, 6.45) is 1.33. The Morgan fingerprint density at radius 2 is 1.55 bits per heavy atom. The van der Waals surface area contributed by atoms with Crippen LogP contribution < -0.4 is 0 Å². The molecule has 0 saturated carbocycles. The molecular weight excluding hydrogens is 364 g/mol. The zero-order valence-electron chi connectivity index (χ0n) is 17.5. The number of benzene rings is 2. The van der Waals surface area contributed by atoms with Crippen molar-refractivity contribution in [1.29, 1.82) is 0 Å². The fourth-order valence-corrected chi connectivity index (χ4v) is 4.20. The second-order valence-electron chi connectivity index (χ2n) is 7.87. The van der Waals surface area contributed by atoms with Gasteiger partial charge in [-0.2, -0.15) is 0 Å². The molecular formula is C24H30N2O3. The lowest BCUT2D eigenvalue weighted by molar-refractivity contribution is -0.139. The van der Waals surface area contributed by atoms with Crippen molar-refractivity contribution in [2.24, 2.45) is 0 Å². The zero-order valence-corrected chi connectivity index (χ0v) is 17.5. The monoisotopic (exact) mass is 394 g/mol. The summed E-state index contributed by atoms with van der Waals surface area (Å²) >= 11 is 0. The lowest BCUT2D eigenvalue weighted by Crippen LogP contribution is -2.58. The Hall–Kier alpha value is -2.66. The van der Waals surface area contributed by atoms with E-state index < -0.39 is 0 Å². The molecule has 0 N–H and O–H groups in total. The summed E-state index contributed by atoms with van der Waals surface area (Å²) in [5.41, 5.74) is 2.92. The minimum atomic E-state index is -0.318. The van der Waals surface area contributed by atoms with Crippen molar-refractivity contribution in [2.75, 3.05) is 20.2 Å². The van der Waals surface area contributed by atoms with E-state index in [-0.39, 0.29) is 24.0 Å². The predicted octanol–water partition coefficient (Wildman–Crippen LogP) is 3.53. The Balaban J connectivity index is 1.55. The summed E-state index contributed by atoms with van der Waals surface area (Å²) in [4.78, 5) is 28.9. The molecule has 5 nitrogen and oxygen atoms in total. The molecule has 0 aliphatic carbocycles. The van der Waals surface area contributed by atoms with E-state index in [0.717, 1.165) is 31.6 Å². The highest BCUT2D eigenvalue weighted by Crippen LogP contribution is 2.20. The smallest absolute Gasteiger partial charge is 0.337 e. The minimum absolute atomic E-state index is 0.177. The van der Waals surface area contributed by atoms with Gasteiger partial charge in [0.15, 0.2) is 0 Å². The average Bonchev–Trinajstić information content (AvgIpc) is 2.72. The van der Waals surface area contributed by atoms with E-state index in [4.69, 9.17) is 4.74 Å². The molecule has 0 radical (unpaired) electrons. The first-order valence-electron chi connectivity index (χ1n) is 10.2. The number of nitrogens with zero attached hydrogens (tertiary/aromatic N) is 2. The highest BCUT2D eigenvalue weighted by molar-refractivity contribution is 5.89. The number of hydrogen-bond donors (Lipinski definition) is 0. The maximum Gasteiger partial charge on any atom is 0.337 e. The van der Waals surface area contributed by atoms with E-state index in [2.05, 4.69) is 35.8 Å². The van der Waals surface area contributed by atoms with E-state index in [9.17, 15) is 9.59 Å². The minimum Gasteiger partial charge on any atom is -0.465 e. The molecule has 3 rings (SSSR count). The van der Waals surface area contributed by atoms with Gasteiger partial charge in [-0.3, -0.25) is 9.69 Å². The zero-order chi connectivity index (χ0) is 20.8. The van der Waals surface area contributed by atoms with Gasteiger partial charge in [0.05, 0.1) is 12.7 Å². The number of carbonyl (C=O) groups is 2. The van der Waals surface area contributed by atoms with Gasteiger partial charge in [-0.25, -0.2) is 4.79 Å². The van der Waals surface area contributed by atoms with Crippen LogP contribution in [0.2, 0.25) is 0 Å². The summed E-state index contributed by atoms with van der Waals surface area (Å²) in [7, 11) is 1.39. The Morgan fingerprint density at radius 3 is 2.14 bits per heavy atom. The summed E-state index contributed by atoms with van der Waals surface area (Å²) in [5, 5.41) is 0. The van der Waals surface area contributed by atoms with Crippen LogP contribution in [-0.2, 0) is 22.5 Å². The molecule has 0 unspecified atom stereocenters. The molecule has 0 aromatic heterocycles. The van der Waals surface area contributed by atoms with E-state index in [1.165, 1.54) is 12.7 Å². The lowest BCUT2D eigenvalue weighted by Gasteiger charge is -2.44. The van der Waals surface area contributed by atoms with Gasteiger partial charge in [-0.15, -0.1) is 0 Å². The second-order valence-corrected chi connectivity index (χ2v) is 7.87. The van der Waals surface area contributed by atoms with Crippen molar-refractivity contribution in [3.8, 4) is 0 Å². The van der Waals surface area contributed by atoms with Gasteiger partial charge in [0, 0.05) is 38.1 Å². The summed E-state index contributed by atoms with van der Waals surface area (Å²) < 4.78 is 4.75. The van der Waals surface area contributed by atoms with Gasteiger partial charge >= 0.3 is 5.97 Å². The van der Waals surface area contributed by atoms with Gasteiger partial charge in [-0.05, 0) is 43.5 Å². The molecule has 1 fully saturated rings. The fourth-order valence-electron chi connectivity index (χ4n) is 4.20. The van der Waals surface area contributed by atoms with Crippen molar-refractivity contribution in [3.05, 3.63) is 71.3 Å². The van der Waals surface area contributed by atoms with Crippen molar-refractivity contribution in [2.45, 2.75) is 45.3 Å². The van der Waals surface area contributed by atoms with Crippen LogP contribution >= 0.6 is 0 Å². The molecule has 1 saturated heterocycles. The van der Waals surface area contributed by atoms with E-state index in [1.54, 1.807) is 12.1 Å². The van der Waals surface area contributed by atoms with Gasteiger partial charge in [-0.1, -0.05) is 42.5 Å². The molecule has 2 atom stereocenters. The molecule has 1 heterocycles. The number of hydrogen-bond acceptors (Lipinski definition) is 4. The average molecular weight is 395 g/mol. The standard InChI is InChI=1S/C24H30N2O3/c1-18-15-25(17-21-9-12-22(13-10-21)24(28)29-3)16-19(2)26(18)23(27)14-11-20-7-5-4-6-8-20/h4-10,12-13,18-19H,11,14-17H2,1-3H3/t18-,19+. The Bertz CT molecular complexity index is 808. The second kappa shape index (κ2) is 9.70. The van der Waals surface area contributed by atoms with Crippen LogP contribution in [0.3, 0.4) is 0 Å². The van der Waals surface area contributed by atoms with Crippen LogP contribution in [-0.4, -0.2) is 54.0 Å². The van der Waals surface area contributed by atoms with Crippen LogP contribution in [0, 0.1) is 0 Å². The number of esters is 1. The third kappa shape index (κ3) is 5.45. The number of methoxy groups -OCH3 is 1. The van der Waals surface area contributed by atoms with Crippen LogP contribution in [0.1, 0.15) is 41.8 Å². The van der Waals surface area contributed by atoms with E-state index in [1.807, 2.05) is 30.3 Å². The van der Waals surface area contributed by atoms with Gasteiger partial charge in [0.1, 0.15) is 0 Å². The SMILES string of the molecule is COC(=O)c1ccc(CN2C[C@@H](C)N(C(=O)CCc3ccccc3)[C@@H](C)C2)cc1. The number of rotatable bonds is 6. The Labute approximate surface area is 173 Å². The molecule has 1 amide bonds. The van der Waals surface area contributed by atoms with Crippen LogP contribution in [0.5, 0.6) is 0 Å². The van der Waals surface area contributed by atoms with E-state index >= 15 is 0 Å². The summed E-state index contributed by atoms with van der Waals surface area (Å²) in [5.74, 6) is -0.0858. The maximum absolute atomic E-state index is 12.9. The third-order valence-electron chi connectivity index (χ3n) is 5.53. The number of piperazine rings is 1. The van der Waals surface area contributed by atoms with Crippen LogP contribution in [0.25, 0.3) is 0 Å².